The molecule has 0 bridgehead atoms. The van der Waals surface area contributed by atoms with Crippen LogP contribution in [0.2, 0.25) is 0 Å². The highest BCUT2D eigenvalue weighted by atomic mass is 79.9. The number of amides is 2. The lowest BCUT2D eigenvalue weighted by Crippen LogP contribution is -2.39. The lowest BCUT2D eigenvalue weighted by molar-refractivity contribution is -0.132. The van der Waals surface area contributed by atoms with Crippen molar-refractivity contribution < 1.29 is 14.0 Å². The molecule has 0 unspecified atom stereocenters. The van der Waals surface area contributed by atoms with Crippen molar-refractivity contribution in [1.82, 2.24) is 10.2 Å². The maximum absolute atomic E-state index is 13.6. The molecule has 4 nitrogen and oxygen atoms in total. The minimum Gasteiger partial charge on any atom is -0.355 e. The lowest BCUT2D eigenvalue weighted by atomic mass is 10.2. The topological polar surface area (TPSA) is 49.4 Å². The van der Waals surface area contributed by atoms with Gasteiger partial charge in [-0.05, 0) is 38.1 Å². The van der Waals surface area contributed by atoms with Crippen LogP contribution in [0.3, 0.4) is 0 Å². The maximum atomic E-state index is 13.6. The summed E-state index contributed by atoms with van der Waals surface area (Å²) in [4.78, 5) is 24.9. The van der Waals surface area contributed by atoms with Crippen molar-refractivity contribution in [2.75, 3.05) is 19.6 Å². The first-order valence-corrected chi connectivity index (χ1v) is 7.46. The Hall–Kier alpha value is -1.69. The van der Waals surface area contributed by atoms with Crippen LogP contribution >= 0.6 is 15.9 Å². The number of hydrogen-bond acceptors (Lipinski definition) is 2. The summed E-state index contributed by atoms with van der Waals surface area (Å²) >= 11 is 3.25. The van der Waals surface area contributed by atoms with Gasteiger partial charge in [0.25, 0.3) is 0 Å². The van der Waals surface area contributed by atoms with Crippen LogP contribution in [0.4, 0.5) is 4.39 Å². The van der Waals surface area contributed by atoms with Gasteiger partial charge in [0.05, 0.1) is 6.54 Å². The van der Waals surface area contributed by atoms with Gasteiger partial charge in [0, 0.05) is 29.2 Å². The molecule has 2 amide bonds. The third-order valence-electron chi connectivity index (χ3n) is 2.77. The number of likely N-dealkylation sites (N-methyl/N-ethyl adjacent to an activating group) is 2. The summed E-state index contributed by atoms with van der Waals surface area (Å²) < 4.78 is 14.3. The number of carbonyl (C=O) groups is 2. The van der Waals surface area contributed by atoms with E-state index in [4.69, 9.17) is 0 Å². The van der Waals surface area contributed by atoms with Gasteiger partial charge in [0.2, 0.25) is 11.8 Å². The molecule has 0 saturated carbocycles. The number of rotatable bonds is 6. The summed E-state index contributed by atoms with van der Waals surface area (Å²) in [6, 6.07) is 4.49. The van der Waals surface area contributed by atoms with Crippen molar-refractivity contribution in [3.05, 3.63) is 40.1 Å². The molecule has 0 fully saturated rings. The first-order chi connectivity index (χ1) is 9.97. The molecular formula is C15H18BrFN2O2. The second-order valence-electron chi connectivity index (χ2n) is 4.31. The summed E-state index contributed by atoms with van der Waals surface area (Å²) in [5.41, 5.74) is 0.312. The zero-order valence-corrected chi connectivity index (χ0v) is 13.6. The molecule has 0 radical (unpaired) electrons. The van der Waals surface area contributed by atoms with Gasteiger partial charge in [-0.1, -0.05) is 15.9 Å². The molecule has 0 heterocycles. The summed E-state index contributed by atoms with van der Waals surface area (Å²) in [7, 11) is 0. The van der Waals surface area contributed by atoms with Crippen molar-refractivity contribution in [3.63, 3.8) is 0 Å². The van der Waals surface area contributed by atoms with Crippen LogP contribution in [-0.2, 0) is 9.59 Å². The highest BCUT2D eigenvalue weighted by molar-refractivity contribution is 9.10. The van der Waals surface area contributed by atoms with Crippen LogP contribution in [0.15, 0.2) is 28.7 Å². The average molecular weight is 357 g/mol. The Bertz CT molecular complexity index is 546. The first-order valence-electron chi connectivity index (χ1n) is 6.66. The fourth-order valence-electron chi connectivity index (χ4n) is 1.68. The number of benzene rings is 1. The van der Waals surface area contributed by atoms with Crippen LogP contribution in [0, 0.1) is 5.82 Å². The number of hydrogen-bond donors (Lipinski definition) is 1. The molecule has 0 aliphatic heterocycles. The van der Waals surface area contributed by atoms with E-state index in [1.54, 1.807) is 19.1 Å². The number of carbonyl (C=O) groups excluding carboxylic acids is 2. The largest absolute Gasteiger partial charge is 0.355 e. The summed E-state index contributed by atoms with van der Waals surface area (Å²) in [6.07, 6.45) is 2.68. The van der Waals surface area contributed by atoms with Gasteiger partial charge >= 0.3 is 0 Å². The molecule has 0 atom stereocenters. The van der Waals surface area contributed by atoms with Gasteiger partial charge in [0.1, 0.15) is 5.82 Å². The van der Waals surface area contributed by atoms with E-state index in [0.29, 0.717) is 18.7 Å². The maximum Gasteiger partial charge on any atom is 0.247 e. The Labute approximate surface area is 132 Å². The second-order valence-corrected chi connectivity index (χ2v) is 5.22. The van der Waals surface area contributed by atoms with E-state index < -0.39 is 5.82 Å². The molecule has 1 rings (SSSR count). The van der Waals surface area contributed by atoms with Crippen LogP contribution in [-0.4, -0.2) is 36.3 Å². The SMILES string of the molecule is CCNC(=O)CN(CC)C(=O)/C=C/c1cc(Br)ccc1F. The van der Waals surface area contributed by atoms with Gasteiger partial charge < -0.3 is 10.2 Å². The van der Waals surface area contributed by atoms with Crippen molar-refractivity contribution in [2.45, 2.75) is 13.8 Å². The third-order valence-corrected chi connectivity index (χ3v) is 3.26. The average Bonchev–Trinajstić information content (AvgIpc) is 2.45. The molecule has 6 heteroatoms. The predicted octanol–water partition coefficient (Wildman–Crippen LogP) is 2.59. The fraction of sp³-hybridized carbons (Fsp3) is 0.333. The normalized spacial score (nSPS) is 10.7. The van der Waals surface area contributed by atoms with Crippen molar-refractivity contribution >= 4 is 33.8 Å². The van der Waals surface area contributed by atoms with E-state index >= 15 is 0 Å². The van der Waals surface area contributed by atoms with E-state index in [-0.39, 0.29) is 18.4 Å². The van der Waals surface area contributed by atoms with Crippen molar-refractivity contribution in [2.24, 2.45) is 0 Å². The summed E-state index contributed by atoms with van der Waals surface area (Å²) in [6.45, 7) is 4.51. The Morgan fingerprint density at radius 2 is 2.10 bits per heavy atom. The van der Waals surface area contributed by atoms with Gasteiger partial charge in [-0.3, -0.25) is 9.59 Å². The Balaban J connectivity index is 2.75. The fourth-order valence-corrected chi connectivity index (χ4v) is 2.06. The zero-order chi connectivity index (χ0) is 15.8. The highest BCUT2D eigenvalue weighted by Crippen LogP contribution is 2.16. The molecule has 0 saturated heterocycles. The molecule has 0 aromatic heterocycles. The Kier molecular flexibility index (Phi) is 7.08. The van der Waals surface area contributed by atoms with Gasteiger partial charge in [-0.15, -0.1) is 0 Å². The van der Waals surface area contributed by atoms with Crippen molar-refractivity contribution in [1.29, 1.82) is 0 Å². The molecule has 114 valence electrons. The quantitative estimate of drug-likeness (QED) is 0.796. The van der Waals surface area contributed by atoms with E-state index in [9.17, 15) is 14.0 Å². The summed E-state index contributed by atoms with van der Waals surface area (Å²) in [5, 5.41) is 2.63. The van der Waals surface area contributed by atoms with Crippen LogP contribution in [0.1, 0.15) is 19.4 Å². The molecule has 0 aliphatic rings. The zero-order valence-electron chi connectivity index (χ0n) is 12.0. The second kappa shape index (κ2) is 8.56. The number of nitrogens with one attached hydrogen (secondary N) is 1. The molecular weight excluding hydrogens is 339 g/mol. The van der Waals surface area contributed by atoms with E-state index in [0.717, 1.165) is 4.47 Å². The monoisotopic (exact) mass is 356 g/mol. The van der Waals surface area contributed by atoms with Gasteiger partial charge in [0.15, 0.2) is 0 Å². The third kappa shape index (κ3) is 5.67. The molecule has 21 heavy (non-hydrogen) atoms. The van der Waals surface area contributed by atoms with Crippen LogP contribution < -0.4 is 5.32 Å². The molecule has 1 aromatic carbocycles. The van der Waals surface area contributed by atoms with E-state index in [1.807, 2.05) is 6.92 Å². The molecule has 0 aliphatic carbocycles. The number of nitrogens with zero attached hydrogens (tertiary/aromatic N) is 1. The predicted molar refractivity (Wildman–Crippen MR) is 84.1 cm³/mol. The lowest BCUT2D eigenvalue weighted by Gasteiger charge is -2.18. The molecule has 1 aromatic rings. The van der Waals surface area contributed by atoms with E-state index in [1.165, 1.54) is 23.1 Å². The molecule has 1 N–H and O–H groups in total. The van der Waals surface area contributed by atoms with Gasteiger partial charge in [-0.25, -0.2) is 4.39 Å². The van der Waals surface area contributed by atoms with Crippen LogP contribution in [0.25, 0.3) is 6.08 Å². The Morgan fingerprint density at radius 3 is 2.71 bits per heavy atom. The Morgan fingerprint density at radius 1 is 1.38 bits per heavy atom. The van der Waals surface area contributed by atoms with E-state index in [2.05, 4.69) is 21.2 Å². The summed E-state index contributed by atoms with van der Waals surface area (Å²) in [5.74, 6) is -0.952. The smallest absolute Gasteiger partial charge is 0.247 e. The number of halogens is 2. The van der Waals surface area contributed by atoms with Gasteiger partial charge in [-0.2, -0.15) is 0 Å². The van der Waals surface area contributed by atoms with Crippen LogP contribution in [0.5, 0.6) is 0 Å². The highest BCUT2D eigenvalue weighted by Gasteiger charge is 2.12. The minimum atomic E-state index is -0.408. The van der Waals surface area contributed by atoms with Crippen molar-refractivity contribution in [3.8, 4) is 0 Å². The molecule has 0 spiro atoms. The first kappa shape index (κ1) is 17.4. The standard InChI is InChI=1S/C15H18BrFN2O2/c1-3-18-14(20)10-19(4-2)15(21)8-5-11-9-12(16)6-7-13(11)17/h5-9H,3-4,10H2,1-2H3,(H,18,20)/b8-5+. The minimum absolute atomic E-state index is 0.00548.